The summed E-state index contributed by atoms with van der Waals surface area (Å²) in [7, 11) is 0. The van der Waals surface area contributed by atoms with E-state index in [2.05, 4.69) is 11.1 Å². The number of nitrogens with zero attached hydrogens (tertiary/aromatic N) is 1. The fraction of sp³-hybridized carbons (Fsp3) is 0.214. The minimum atomic E-state index is -4.30. The van der Waals surface area contributed by atoms with Gasteiger partial charge in [-0.1, -0.05) is 19.1 Å². The minimum Gasteiger partial charge on any atom is -0.256 e. The van der Waals surface area contributed by atoms with Crippen molar-refractivity contribution in [3.63, 3.8) is 0 Å². The molecule has 1 radical (unpaired) electrons. The zero-order valence-electron chi connectivity index (χ0n) is 9.75. The summed E-state index contributed by atoms with van der Waals surface area (Å²) >= 11 is 0. The third-order valence-electron chi connectivity index (χ3n) is 2.64. The summed E-state index contributed by atoms with van der Waals surface area (Å²) in [6, 6.07) is 9.70. The highest BCUT2D eigenvalue weighted by Crippen LogP contribution is 2.30. The second-order valence-corrected chi connectivity index (χ2v) is 3.89. The standard InChI is InChI=1S/C14H11F3N/c1-2-10-3-8-13(18-9-10)11-4-6-12(7-5-11)14(15,16)17/h4-9H,2H2,1H3. The molecule has 1 aromatic carbocycles. The van der Waals surface area contributed by atoms with E-state index in [4.69, 9.17) is 0 Å². The van der Waals surface area contributed by atoms with E-state index in [0.717, 1.165) is 24.1 Å². The first kappa shape index (κ1) is 12.6. The summed E-state index contributed by atoms with van der Waals surface area (Å²) in [5.41, 5.74) is 1.61. The van der Waals surface area contributed by atoms with Crippen LogP contribution in [-0.4, -0.2) is 4.98 Å². The van der Waals surface area contributed by atoms with Gasteiger partial charge in [-0.25, -0.2) is 0 Å². The van der Waals surface area contributed by atoms with Crippen LogP contribution in [-0.2, 0) is 12.6 Å². The van der Waals surface area contributed by atoms with Crippen LogP contribution in [0.25, 0.3) is 11.3 Å². The van der Waals surface area contributed by atoms with Gasteiger partial charge in [-0.05, 0) is 36.2 Å². The van der Waals surface area contributed by atoms with Crippen molar-refractivity contribution in [2.45, 2.75) is 19.5 Å². The molecular weight excluding hydrogens is 239 g/mol. The molecule has 1 aromatic heterocycles. The fourth-order valence-electron chi connectivity index (χ4n) is 1.56. The SMILES string of the molecule is CCc1[c]cc(-c2ccc(C(F)(F)F)cc2)nc1. The van der Waals surface area contributed by atoms with Gasteiger partial charge in [0.25, 0.3) is 0 Å². The van der Waals surface area contributed by atoms with Crippen molar-refractivity contribution < 1.29 is 13.2 Å². The molecule has 0 fully saturated rings. The van der Waals surface area contributed by atoms with Gasteiger partial charge in [-0.15, -0.1) is 0 Å². The van der Waals surface area contributed by atoms with Gasteiger partial charge in [0.05, 0.1) is 11.3 Å². The van der Waals surface area contributed by atoms with Crippen molar-refractivity contribution in [1.29, 1.82) is 0 Å². The maximum absolute atomic E-state index is 12.4. The highest BCUT2D eigenvalue weighted by molar-refractivity contribution is 5.59. The number of halogens is 3. The van der Waals surface area contributed by atoms with Gasteiger partial charge in [0.1, 0.15) is 0 Å². The Labute approximate surface area is 103 Å². The van der Waals surface area contributed by atoms with E-state index in [9.17, 15) is 13.2 Å². The highest BCUT2D eigenvalue weighted by atomic mass is 19.4. The van der Waals surface area contributed by atoms with Crippen molar-refractivity contribution >= 4 is 0 Å². The Morgan fingerprint density at radius 2 is 1.83 bits per heavy atom. The molecule has 4 heteroatoms. The molecule has 0 aliphatic rings. The van der Waals surface area contributed by atoms with E-state index in [1.807, 2.05) is 6.92 Å². The van der Waals surface area contributed by atoms with Crippen LogP contribution in [0, 0.1) is 6.07 Å². The molecule has 0 saturated heterocycles. The Morgan fingerprint density at radius 1 is 1.17 bits per heavy atom. The Morgan fingerprint density at radius 3 is 2.28 bits per heavy atom. The molecule has 0 atom stereocenters. The van der Waals surface area contributed by atoms with Crippen LogP contribution in [0.5, 0.6) is 0 Å². The van der Waals surface area contributed by atoms with Gasteiger partial charge in [0.15, 0.2) is 0 Å². The minimum absolute atomic E-state index is 0.626. The predicted octanol–water partition coefficient (Wildman–Crippen LogP) is 4.13. The van der Waals surface area contributed by atoms with Crippen LogP contribution in [0.3, 0.4) is 0 Å². The first-order valence-electron chi connectivity index (χ1n) is 5.55. The monoisotopic (exact) mass is 250 g/mol. The zero-order valence-corrected chi connectivity index (χ0v) is 9.75. The van der Waals surface area contributed by atoms with Crippen LogP contribution in [0.4, 0.5) is 13.2 Å². The summed E-state index contributed by atoms with van der Waals surface area (Å²) in [4.78, 5) is 4.20. The molecule has 0 unspecified atom stereocenters. The van der Waals surface area contributed by atoms with Crippen molar-refractivity contribution in [2.24, 2.45) is 0 Å². The number of rotatable bonds is 2. The smallest absolute Gasteiger partial charge is 0.256 e. The Hall–Kier alpha value is -1.84. The molecule has 0 bridgehead atoms. The molecule has 18 heavy (non-hydrogen) atoms. The van der Waals surface area contributed by atoms with Gasteiger partial charge >= 0.3 is 6.18 Å². The average molecular weight is 250 g/mol. The van der Waals surface area contributed by atoms with Gasteiger partial charge in [-0.2, -0.15) is 13.2 Å². The lowest BCUT2D eigenvalue weighted by Crippen LogP contribution is -2.04. The zero-order chi connectivity index (χ0) is 13.2. The van der Waals surface area contributed by atoms with E-state index in [-0.39, 0.29) is 0 Å². The van der Waals surface area contributed by atoms with Gasteiger partial charge in [0.2, 0.25) is 0 Å². The summed E-state index contributed by atoms with van der Waals surface area (Å²) in [6.45, 7) is 1.99. The Kier molecular flexibility index (Phi) is 3.36. The maximum atomic E-state index is 12.4. The number of pyridine rings is 1. The fourth-order valence-corrected chi connectivity index (χ4v) is 1.56. The third kappa shape index (κ3) is 2.70. The quantitative estimate of drug-likeness (QED) is 0.781. The first-order valence-corrected chi connectivity index (χ1v) is 5.55. The molecule has 0 aliphatic heterocycles. The molecule has 0 saturated carbocycles. The molecule has 1 heterocycles. The lowest BCUT2D eigenvalue weighted by molar-refractivity contribution is -0.137. The van der Waals surface area contributed by atoms with Crippen molar-refractivity contribution in [3.8, 4) is 11.3 Å². The lowest BCUT2D eigenvalue weighted by Gasteiger charge is -2.07. The lowest BCUT2D eigenvalue weighted by atomic mass is 10.1. The van der Waals surface area contributed by atoms with Crippen molar-refractivity contribution in [1.82, 2.24) is 4.98 Å². The number of aryl methyl sites for hydroxylation is 1. The van der Waals surface area contributed by atoms with Crippen LogP contribution in [0.1, 0.15) is 18.1 Å². The van der Waals surface area contributed by atoms with Crippen LogP contribution < -0.4 is 0 Å². The normalized spacial score (nSPS) is 11.6. The third-order valence-corrected chi connectivity index (χ3v) is 2.64. The van der Waals surface area contributed by atoms with E-state index < -0.39 is 11.7 Å². The number of hydrogen-bond acceptors (Lipinski definition) is 1. The molecular formula is C14H11F3N. The van der Waals surface area contributed by atoms with Gasteiger partial charge in [-0.3, -0.25) is 4.98 Å². The summed E-state index contributed by atoms with van der Waals surface area (Å²) in [5, 5.41) is 0. The largest absolute Gasteiger partial charge is 0.416 e. The Bertz CT molecular complexity index is 512. The number of aromatic nitrogens is 1. The summed E-state index contributed by atoms with van der Waals surface area (Å²) in [6.07, 6.45) is -1.78. The Balaban J connectivity index is 2.28. The second kappa shape index (κ2) is 4.80. The van der Waals surface area contributed by atoms with E-state index in [0.29, 0.717) is 11.3 Å². The number of hydrogen-bond donors (Lipinski definition) is 0. The van der Waals surface area contributed by atoms with Crippen LogP contribution >= 0.6 is 0 Å². The number of alkyl halides is 3. The molecule has 0 aliphatic carbocycles. The van der Waals surface area contributed by atoms with Crippen molar-refractivity contribution in [2.75, 3.05) is 0 Å². The topological polar surface area (TPSA) is 12.9 Å². The average Bonchev–Trinajstić information content (AvgIpc) is 2.38. The van der Waals surface area contributed by atoms with Crippen LogP contribution in [0.2, 0.25) is 0 Å². The molecule has 2 rings (SSSR count). The molecule has 0 spiro atoms. The predicted molar refractivity (Wildman–Crippen MR) is 62.9 cm³/mol. The molecule has 2 aromatic rings. The van der Waals surface area contributed by atoms with E-state index in [1.165, 1.54) is 12.1 Å². The van der Waals surface area contributed by atoms with E-state index >= 15 is 0 Å². The molecule has 0 amide bonds. The highest BCUT2D eigenvalue weighted by Gasteiger charge is 2.29. The van der Waals surface area contributed by atoms with Crippen LogP contribution in [0.15, 0.2) is 36.5 Å². The second-order valence-electron chi connectivity index (χ2n) is 3.89. The molecule has 93 valence electrons. The molecule has 1 nitrogen and oxygen atoms in total. The van der Waals surface area contributed by atoms with Crippen molar-refractivity contribution in [3.05, 3.63) is 53.7 Å². The van der Waals surface area contributed by atoms with Gasteiger partial charge in [0, 0.05) is 11.8 Å². The molecule has 0 N–H and O–H groups in total. The maximum Gasteiger partial charge on any atom is 0.416 e. The first-order chi connectivity index (χ1) is 8.50. The van der Waals surface area contributed by atoms with Gasteiger partial charge < -0.3 is 0 Å². The number of benzene rings is 1. The summed E-state index contributed by atoms with van der Waals surface area (Å²) in [5.74, 6) is 0. The van der Waals surface area contributed by atoms with E-state index in [1.54, 1.807) is 12.3 Å². The summed E-state index contributed by atoms with van der Waals surface area (Å²) < 4.78 is 37.2.